The highest BCUT2D eigenvalue weighted by Crippen LogP contribution is 2.19. The van der Waals surface area contributed by atoms with Gasteiger partial charge in [0.2, 0.25) is 11.8 Å². The molecule has 4 nitrogen and oxygen atoms in total. The van der Waals surface area contributed by atoms with Gasteiger partial charge in [0.25, 0.3) is 0 Å². The number of hydrogen-bond donors (Lipinski definition) is 0. The Bertz CT molecular complexity index is 281. The molecule has 0 bridgehead atoms. The Kier molecular flexibility index (Phi) is 4.65. The first-order chi connectivity index (χ1) is 7.50. The van der Waals surface area contributed by atoms with Gasteiger partial charge in [-0.05, 0) is 25.7 Å². The molecular weight excluding hydrogens is 206 g/mol. The maximum atomic E-state index is 11.6. The van der Waals surface area contributed by atoms with Crippen molar-refractivity contribution in [1.29, 1.82) is 0 Å². The van der Waals surface area contributed by atoms with Crippen LogP contribution in [0, 0.1) is 5.92 Å². The Morgan fingerprint density at radius 1 is 1.25 bits per heavy atom. The number of imide groups is 1. The molecule has 0 atom stereocenters. The number of Topliss-reactive ketones (excluding diaryl/α,β-unsaturated/α-hetero) is 1. The van der Waals surface area contributed by atoms with Gasteiger partial charge in [-0.1, -0.05) is 6.92 Å². The van der Waals surface area contributed by atoms with E-state index in [9.17, 15) is 14.4 Å². The minimum atomic E-state index is -0.0634. The van der Waals surface area contributed by atoms with E-state index in [1.165, 1.54) is 4.90 Å². The third-order valence-corrected chi connectivity index (χ3v) is 2.81. The zero-order valence-corrected chi connectivity index (χ0v) is 9.99. The third-order valence-electron chi connectivity index (χ3n) is 2.81. The Morgan fingerprint density at radius 3 is 2.31 bits per heavy atom. The van der Waals surface area contributed by atoms with E-state index in [0.29, 0.717) is 25.8 Å². The van der Waals surface area contributed by atoms with Gasteiger partial charge < -0.3 is 4.79 Å². The lowest BCUT2D eigenvalue weighted by molar-refractivity contribution is -0.149. The zero-order valence-electron chi connectivity index (χ0n) is 9.99. The zero-order chi connectivity index (χ0) is 12.1. The number of unbranched alkanes of at least 4 members (excludes halogenated alkanes) is 1. The van der Waals surface area contributed by atoms with Crippen LogP contribution >= 0.6 is 0 Å². The molecule has 4 heteroatoms. The molecular formula is C12H19NO3. The first kappa shape index (κ1) is 12.9. The van der Waals surface area contributed by atoms with E-state index < -0.39 is 0 Å². The first-order valence-electron chi connectivity index (χ1n) is 5.83. The predicted molar refractivity (Wildman–Crippen MR) is 59.7 cm³/mol. The van der Waals surface area contributed by atoms with Crippen LogP contribution in [0.5, 0.6) is 0 Å². The maximum absolute atomic E-state index is 11.6. The van der Waals surface area contributed by atoms with Gasteiger partial charge in [0.05, 0.1) is 0 Å². The fourth-order valence-corrected chi connectivity index (χ4v) is 1.92. The maximum Gasteiger partial charge on any atom is 0.229 e. The van der Waals surface area contributed by atoms with Crippen LogP contribution in [0.3, 0.4) is 0 Å². The van der Waals surface area contributed by atoms with E-state index in [1.54, 1.807) is 6.92 Å². The number of piperidine rings is 1. The summed E-state index contributed by atoms with van der Waals surface area (Å²) in [6.45, 7) is 3.94. The minimum Gasteiger partial charge on any atom is -0.300 e. The van der Waals surface area contributed by atoms with Gasteiger partial charge in [-0.15, -0.1) is 0 Å². The number of carbonyl (C=O) groups excluding carboxylic acids is 3. The second kappa shape index (κ2) is 5.77. The van der Waals surface area contributed by atoms with Crippen molar-refractivity contribution in [3.63, 3.8) is 0 Å². The largest absolute Gasteiger partial charge is 0.300 e. The summed E-state index contributed by atoms with van der Waals surface area (Å²) in [6, 6.07) is 0. The summed E-state index contributed by atoms with van der Waals surface area (Å²) in [4.78, 5) is 35.2. The molecule has 0 spiro atoms. The van der Waals surface area contributed by atoms with Gasteiger partial charge in [-0.2, -0.15) is 0 Å². The van der Waals surface area contributed by atoms with Crippen molar-refractivity contribution >= 4 is 17.6 Å². The molecule has 1 heterocycles. The molecule has 1 fully saturated rings. The molecule has 2 amide bonds. The lowest BCUT2D eigenvalue weighted by atomic mass is 9.97. The van der Waals surface area contributed by atoms with Crippen LogP contribution in [0.4, 0.5) is 0 Å². The summed E-state index contributed by atoms with van der Waals surface area (Å²) in [5.74, 6) is 0.205. The second-order valence-corrected chi connectivity index (χ2v) is 4.61. The van der Waals surface area contributed by atoms with Gasteiger partial charge in [-0.25, -0.2) is 0 Å². The fraction of sp³-hybridized carbons (Fsp3) is 0.750. The van der Waals surface area contributed by atoms with Crippen molar-refractivity contribution < 1.29 is 14.4 Å². The Balaban J connectivity index is 2.33. The molecule has 0 aromatic heterocycles. The standard InChI is InChI=1S/C12H19NO3/c1-9-7-11(15)13(12(16)8-9)6-4-3-5-10(2)14/h9H,3-8H2,1-2H3. The third kappa shape index (κ3) is 3.76. The highest BCUT2D eigenvalue weighted by Gasteiger charge is 2.29. The molecule has 0 unspecified atom stereocenters. The van der Waals surface area contributed by atoms with Crippen LogP contribution in [-0.2, 0) is 14.4 Å². The van der Waals surface area contributed by atoms with Crippen LogP contribution in [-0.4, -0.2) is 29.0 Å². The summed E-state index contributed by atoms with van der Waals surface area (Å²) in [7, 11) is 0. The van der Waals surface area contributed by atoms with Gasteiger partial charge in [0.1, 0.15) is 5.78 Å². The SMILES string of the molecule is CC(=O)CCCCN1C(=O)CC(C)CC1=O. The van der Waals surface area contributed by atoms with Crippen molar-refractivity contribution in [2.24, 2.45) is 5.92 Å². The Labute approximate surface area is 96.0 Å². The number of ketones is 1. The average molecular weight is 225 g/mol. The molecule has 0 saturated carbocycles. The van der Waals surface area contributed by atoms with Crippen LogP contribution in [0.1, 0.15) is 46.0 Å². The lowest BCUT2D eigenvalue weighted by Gasteiger charge is -2.28. The molecule has 0 radical (unpaired) electrons. The monoisotopic (exact) mass is 225 g/mol. The number of hydrogen-bond acceptors (Lipinski definition) is 3. The molecule has 1 rings (SSSR count). The van der Waals surface area contributed by atoms with E-state index in [4.69, 9.17) is 0 Å². The lowest BCUT2D eigenvalue weighted by Crippen LogP contribution is -2.43. The number of amides is 2. The first-order valence-corrected chi connectivity index (χ1v) is 5.83. The highest BCUT2D eigenvalue weighted by molar-refractivity contribution is 5.97. The van der Waals surface area contributed by atoms with Gasteiger partial charge in [-0.3, -0.25) is 14.5 Å². The topological polar surface area (TPSA) is 54.5 Å². The molecule has 0 N–H and O–H groups in total. The van der Waals surface area contributed by atoms with E-state index in [0.717, 1.165) is 12.8 Å². The average Bonchev–Trinajstić information content (AvgIpc) is 2.14. The Hall–Kier alpha value is -1.19. The van der Waals surface area contributed by atoms with Crippen molar-refractivity contribution in [2.75, 3.05) is 6.54 Å². The number of nitrogens with zero attached hydrogens (tertiary/aromatic N) is 1. The smallest absolute Gasteiger partial charge is 0.229 e. The summed E-state index contributed by atoms with van der Waals surface area (Å²) in [5.41, 5.74) is 0. The summed E-state index contributed by atoms with van der Waals surface area (Å²) in [6.07, 6.45) is 2.96. The van der Waals surface area contributed by atoms with Crippen molar-refractivity contribution in [3.8, 4) is 0 Å². The van der Waals surface area contributed by atoms with E-state index in [1.807, 2.05) is 6.92 Å². The van der Waals surface area contributed by atoms with Crippen molar-refractivity contribution in [3.05, 3.63) is 0 Å². The molecule has 16 heavy (non-hydrogen) atoms. The van der Waals surface area contributed by atoms with Gasteiger partial charge >= 0.3 is 0 Å². The summed E-state index contributed by atoms with van der Waals surface area (Å²) in [5, 5.41) is 0. The summed E-state index contributed by atoms with van der Waals surface area (Å²) >= 11 is 0. The van der Waals surface area contributed by atoms with Crippen molar-refractivity contribution in [2.45, 2.75) is 46.0 Å². The number of likely N-dealkylation sites (tertiary alicyclic amines) is 1. The van der Waals surface area contributed by atoms with Crippen LogP contribution in [0.15, 0.2) is 0 Å². The number of carbonyl (C=O) groups is 3. The van der Waals surface area contributed by atoms with E-state index in [2.05, 4.69) is 0 Å². The van der Waals surface area contributed by atoms with Gasteiger partial charge in [0, 0.05) is 25.8 Å². The second-order valence-electron chi connectivity index (χ2n) is 4.61. The van der Waals surface area contributed by atoms with Crippen molar-refractivity contribution in [1.82, 2.24) is 4.90 Å². The quantitative estimate of drug-likeness (QED) is 0.526. The fourth-order valence-electron chi connectivity index (χ4n) is 1.92. The number of rotatable bonds is 5. The van der Waals surface area contributed by atoms with Crippen LogP contribution < -0.4 is 0 Å². The van der Waals surface area contributed by atoms with E-state index >= 15 is 0 Å². The predicted octanol–water partition coefficient (Wildman–Crippen LogP) is 1.53. The molecule has 0 aromatic rings. The molecule has 1 aliphatic heterocycles. The molecule has 0 aliphatic carbocycles. The van der Waals surface area contributed by atoms with E-state index in [-0.39, 0.29) is 23.5 Å². The molecule has 90 valence electrons. The minimum absolute atomic E-state index is 0.0634. The summed E-state index contributed by atoms with van der Waals surface area (Å²) < 4.78 is 0. The Morgan fingerprint density at radius 2 is 1.81 bits per heavy atom. The molecule has 1 aliphatic rings. The van der Waals surface area contributed by atoms with Gasteiger partial charge in [0.15, 0.2) is 0 Å². The molecule has 1 saturated heterocycles. The highest BCUT2D eigenvalue weighted by atomic mass is 16.2. The van der Waals surface area contributed by atoms with Crippen LogP contribution in [0.25, 0.3) is 0 Å². The molecule has 0 aromatic carbocycles. The normalized spacial score (nSPS) is 18.0. The van der Waals surface area contributed by atoms with Crippen LogP contribution in [0.2, 0.25) is 0 Å².